The average Bonchev–Trinajstić information content (AvgIpc) is 3.20. The van der Waals surface area contributed by atoms with E-state index in [9.17, 15) is 9.59 Å². The highest BCUT2D eigenvalue weighted by molar-refractivity contribution is 5.39. The van der Waals surface area contributed by atoms with Crippen molar-refractivity contribution in [1.29, 1.82) is 0 Å². The van der Waals surface area contributed by atoms with Crippen LogP contribution in [-0.2, 0) is 6.54 Å². The lowest BCUT2D eigenvalue weighted by atomic mass is 10.2. The molecule has 0 amide bonds. The van der Waals surface area contributed by atoms with Crippen molar-refractivity contribution in [3.05, 3.63) is 64.0 Å². The molecule has 0 bridgehead atoms. The number of imidazole rings is 1. The highest BCUT2D eigenvalue weighted by Gasteiger charge is 2.31. The van der Waals surface area contributed by atoms with Crippen LogP contribution in [0.2, 0.25) is 0 Å². The molecule has 2 fully saturated rings. The maximum Gasteiger partial charge on any atom is 0.293 e. The van der Waals surface area contributed by atoms with Gasteiger partial charge in [-0.2, -0.15) is 5.10 Å². The van der Waals surface area contributed by atoms with Crippen LogP contribution in [0.4, 0.5) is 5.82 Å². The fourth-order valence-corrected chi connectivity index (χ4v) is 3.86. The molecule has 144 valence electrons. The molecule has 1 unspecified atom stereocenters. The monoisotopic (exact) mass is 379 g/mol. The van der Waals surface area contributed by atoms with E-state index in [1.165, 1.54) is 10.7 Å². The Morgan fingerprint density at radius 2 is 1.96 bits per heavy atom. The summed E-state index contributed by atoms with van der Waals surface area (Å²) in [6.45, 7) is 1.18. The molecule has 0 N–H and O–H groups in total. The lowest BCUT2D eigenvalue weighted by molar-refractivity contribution is 0.482. The van der Waals surface area contributed by atoms with Crippen LogP contribution in [-0.4, -0.2) is 41.5 Å². The molecule has 28 heavy (non-hydrogen) atoms. The summed E-state index contributed by atoms with van der Waals surface area (Å²) >= 11 is 0. The van der Waals surface area contributed by atoms with Gasteiger partial charge in [-0.15, -0.1) is 0 Å². The SMILES string of the molecule is O=c1c(N2CCCC2Cn2nc(-n3ccnc3)ccc2=O)nccn1C1CC1. The lowest BCUT2D eigenvalue weighted by Crippen LogP contribution is -2.41. The number of hydrogen-bond acceptors (Lipinski definition) is 6. The molecule has 2 aliphatic rings. The van der Waals surface area contributed by atoms with Gasteiger partial charge in [0.25, 0.3) is 11.1 Å². The Kier molecular flexibility index (Phi) is 4.07. The molecule has 1 atom stereocenters. The van der Waals surface area contributed by atoms with Gasteiger partial charge in [0, 0.05) is 43.4 Å². The zero-order valence-corrected chi connectivity index (χ0v) is 15.4. The average molecular weight is 379 g/mol. The summed E-state index contributed by atoms with van der Waals surface area (Å²) in [5.74, 6) is 1.12. The summed E-state index contributed by atoms with van der Waals surface area (Å²) in [5.41, 5.74) is -0.198. The van der Waals surface area contributed by atoms with Gasteiger partial charge in [0.15, 0.2) is 11.6 Å². The normalized spacial score (nSPS) is 19.3. The van der Waals surface area contributed by atoms with Crippen molar-refractivity contribution in [1.82, 2.24) is 28.9 Å². The third-order valence-corrected chi connectivity index (χ3v) is 5.44. The minimum absolute atomic E-state index is 0.0125. The van der Waals surface area contributed by atoms with E-state index in [-0.39, 0.29) is 17.2 Å². The first-order valence-electron chi connectivity index (χ1n) is 9.61. The van der Waals surface area contributed by atoms with Crippen LogP contribution in [0.5, 0.6) is 0 Å². The quantitative estimate of drug-likeness (QED) is 0.657. The highest BCUT2D eigenvalue weighted by atomic mass is 16.1. The van der Waals surface area contributed by atoms with Crippen LogP contribution in [0, 0.1) is 0 Å². The van der Waals surface area contributed by atoms with Gasteiger partial charge in [-0.05, 0) is 31.7 Å². The van der Waals surface area contributed by atoms with E-state index in [2.05, 4.69) is 15.1 Å². The summed E-state index contributed by atoms with van der Waals surface area (Å²) in [4.78, 5) is 35.7. The zero-order valence-electron chi connectivity index (χ0n) is 15.4. The van der Waals surface area contributed by atoms with Crippen LogP contribution < -0.4 is 16.0 Å². The molecule has 5 rings (SSSR count). The lowest BCUT2D eigenvalue weighted by Gasteiger charge is -2.25. The maximum atomic E-state index is 12.9. The molecule has 0 spiro atoms. The zero-order chi connectivity index (χ0) is 19.1. The Labute approximate surface area is 160 Å². The van der Waals surface area contributed by atoms with Crippen LogP contribution in [0.15, 0.2) is 52.8 Å². The van der Waals surface area contributed by atoms with E-state index >= 15 is 0 Å². The first kappa shape index (κ1) is 16.9. The van der Waals surface area contributed by atoms with Crippen LogP contribution in [0.3, 0.4) is 0 Å². The van der Waals surface area contributed by atoms with E-state index in [4.69, 9.17) is 0 Å². The molecular formula is C19H21N7O2. The van der Waals surface area contributed by atoms with Crippen molar-refractivity contribution in [2.24, 2.45) is 0 Å². The van der Waals surface area contributed by atoms with E-state index in [0.717, 1.165) is 32.2 Å². The Balaban J connectivity index is 1.44. The summed E-state index contributed by atoms with van der Waals surface area (Å²) in [6, 6.07) is 3.52. The molecular weight excluding hydrogens is 358 g/mol. The highest BCUT2D eigenvalue weighted by Crippen LogP contribution is 2.33. The summed E-state index contributed by atoms with van der Waals surface area (Å²) in [7, 11) is 0. The summed E-state index contributed by atoms with van der Waals surface area (Å²) in [5, 5.41) is 4.48. The minimum Gasteiger partial charge on any atom is -0.347 e. The van der Waals surface area contributed by atoms with Crippen molar-refractivity contribution >= 4 is 5.82 Å². The van der Waals surface area contributed by atoms with Crippen molar-refractivity contribution in [3.8, 4) is 5.82 Å². The predicted octanol–water partition coefficient (Wildman–Crippen LogP) is 0.990. The van der Waals surface area contributed by atoms with Gasteiger partial charge in [-0.1, -0.05) is 0 Å². The number of anilines is 1. The fraction of sp³-hybridized carbons (Fsp3) is 0.421. The topological polar surface area (TPSA) is 90.8 Å². The molecule has 1 saturated heterocycles. The number of nitrogens with zero attached hydrogens (tertiary/aromatic N) is 7. The molecule has 1 aliphatic carbocycles. The molecule has 4 heterocycles. The van der Waals surface area contributed by atoms with E-state index in [1.54, 1.807) is 46.3 Å². The van der Waals surface area contributed by atoms with E-state index < -0.39 is 0 Å². The second-order valence-corrected chi connectivity index (χ2v) is 7.37. The molecule has 1 aliphatic heterocycles. The Morgan fingerprint density at radius 3 is 2.75 bits per heavy atom. The number of rotatable bonds is 5. The van der Waals surface area contributed by atoms with Gasteiger partial charge in [-0.25, -0.2) is 14.6 Å². The van der Waals surface area contributed by atoms with E-state index in [0.29, 0.717) is 24.2 Å². The van der Waals surface area contributed by atoms with Crippen LogP contribution >= 0.6 is 0 Å². The minimum atomic E-state index is -0.160. The second-order valence-electron chi connectivity index (χ2n) is 7.37. The van der Waals surface area contributed by atoms with Crippen molar-refractivity contribution in [2.45, 2.75) is 44.3 Å². The fourth-order valence-electron chi connectivity index (χ4n) is 3.86. The first-order valence-corrected chi connectivity index (χ1v) is 9.61. The number of hydrogen-bond donors (Lipinski definition) is 0. The van der Waals surface area contributed by atoms with Gasteiger partial charge in [-0.3, -0.25) is 14.2 Å². The standard InChI is InChI=1S/C19H21N7O2/c27-17-6-5-16(23-10-7-20-13-23)22-26(17)12-15-2-1-9-24(15)18-19(28)25(11-8-21-18)14-3-4-14/h5-8,10-11,13-15H,1-4,9,12H2. The molecule has 3 aromatic rings. The van der Waals surface area contributed by atoms with Crippen molar-refractivity contribution < 1.29 is 0 Å². The van der Waals surface area contributed by atoms with Crippen molar-refractivity contribution in [3.63, 3.8) is 0 Å². The van der Waals surface area contributed by atoms with Gasteiger partial charge < -0.3 is 9.47 Å². The Bertz CT molecular complexity index is 1100. The largest absolute Gasteiger partial charge is 0.347 e. The third-order valence-electron chi connectivity index (χ3n) is 5.44. The van der Waals surface area contributed by atoms with Crippen LogP contribution in [0.1, 0.15) is 31.7 Å². The molecule has 9 nitrogen and oxygen atoms in total. The molecule has 0 radical (unpaired) electrons. The molecule has 1 saturated carbocycles. The third kappa shape index (κ3) is 3.02. The van der Waals surface area contributed by atoms with Gasteiger partial charge in [0.1, 0.15) is 6.33 Å². The van der Waals surface area contributed by atoms with Crippen LogP contribution in [0.25, 0.3) is 5.82 Å². The Hall–Kier alpha value is -3.23. The Morgan fingerprint density at radius 1 is 1.07 bits per heavy atom. The second kappa shape index (κ2) is 6.74. The first-order chi connectivity index (χ1) is 13.7. The molecule has 9 heteroatoms. The summed E-state index contributed by atoms with van der Waals surface area (Å²) in [6.07, 6.45) is 12.5. The molecule has 0 aromatic carbocycles. The molecule has 3 aromatic heterocycles. The van der Waals surface area contributed by atoms with Gasteiger partial charge in [0.05, 0.1) is 12.6 Å². The van der Waals surface area contributed by atoms with E-state index in [1.807, 2.05) is 4.90 Å². The number of aromatic nitrogens is 6. The predicted molar refractivity (Wildman–Crippen MR) is 103 cm³/mol. The van der Waals surface area contributed by atoms with Crippen molar-refractivity contribution in [2.75, 3.05) is 11.4 Å². The smallest absolute Gasteiger partial charge is 0.293 e. The van der Waals surface area contributed by atoms with Gasteiger partial charge in [0.2, 0.25) is 0 Å². The van der Waals surface area contributed by atoms with Gasteiger partial charge >= 0.3 is 0 Å². The summed E-state index contributed by atoms with van der Waals surface area (Å²) < 4.78 is 5.03. The maximum absolute atomic E-state index is 12.9.